The van der Waals surface area contributed by atoms with Gasteiger partial charge < -0.3 is 0 Å². The van der Waals surface area contributed by atoms with E-state index in [2.05, 4.69) is 6.07 Å². The second-order valence-corrected chi connectivity index (χ2v) is 2.98. The van der Waals surface area contributed by atoms with E-state index in [0.717, 1.165) is 19.1 Å². The molecule has 0 aromatic carbocycles. The Bertz CT molecular complexity index is 171. The minimum atomic E-state index is 0.0544. The third-order valence-electron chi connectivity index (χ3n) is 1.89. The lowest BCUT2D eigenvalue weighted by atomic mass is 10.5. The zero-order valence-corrected chi connectivity index (χ0v) is 5.79. The van der Waals surface area contributed by atoms with E-state index in [1.165, 1.54) is 12.8 Å². The monoisotopic (exact) mass is 138 g/mol. The molecule has 1 aliphatic heterocycles. The van der Waals surface area contributed by atoms with Crippen LogP contribution in [0.3, 0.4) is 0 Å². The maximum Gasteiger partial charge on any atom is 0.137 e. The molecule has 2 rings (SSSR count). The minimum absolute atomic E-state index is 0.0544. The van der Waals surface area contributed by atoms with Crippen molar-refractivity contribution in [1.29, 1.82) is 5.26 Å². The average molecular weight is 138 g/mol. The third-order valence-corrected chi connectivity index (χ3v) is 1.89. The molecule has 3 nitrogen and oxygen atoms in total. The molecule has 2 fully saturated rings. The van der Waals surface area contributed by atoms with E-state index in [-0.39, 0.29) is 6.04 Å². The number of hydroxylamine groups is 2. The van der Waals surface area contributed by atoms with Crippen molar-refractivity contribution >= 4 is 0 Å². The van der Waals surface area contributed by atoms with Crippen molar-refractivity contribution < 1.29 is 4.84 Å². The van der Waals surface area contributed by atoms with Crippen LogP contribution in [0.5, 0.6) is 0 Å². The highest BCUT2D eigenvalue weighted by Crippen LogP contribution is 2.30. The van der Waals surface area contributed by atoms with E-state index >= 15 is 0 Å². The molecule has 3 heteroatoms. The van der Waals surface area contributed by atoms with Crippen LogP contribution in [-0.4, -0.2) is 24.3 Å². The molecule has 0 aromatic rings. The van der Waals surface area contributed by atoms with Gasteiger partial charge in [0.1, 0.15) is 6.04 Å². The smallest absolute Gasteiger partial charge is 0.137 e. The Labute approximate surface area is 60.1 Å². The van der Waals surface area contributed by atoms with Crippen molar-refractivity contribution in [2.45, 2.75) is 18.9 Å². The van der Waals surface area contributed by atoms with E-state index in [9.17, 15) is 0 Å². The van der Waals surface area contributed by atoms with Crippen LogP contribution in [0.2, 0.25) is 0 Å². The molecule has 54 valence electrons. The van der Waals surface area contributed by atoms with E-state index in [1.807, 2.05) is 0 Å². The zero-order chi connectivity index (χ0) is 6.97. The predicted molar refractivity (Wildman–Crippen MR) is 34.8 cm³/mol. The van der Waals surface area contributed by atoms with Gasteiger partial charge in [0.15, 0.2) is 0 Å². The first-order chi connectivity index (χ1) is 4.90. The minimum Gasteiger partial charge on any atom is -0.297 e. The lowest BCUT2D eigenvalue weighted by Crippen LogP contribution is -2.04. The summed E-state index contributed by atoms with van der Waals surface area (Å²) in [5.74, 6) is 0.792. The largest absolute Gasteiger partial charge is 0.297 e. The van der Waals surface area contributed by atoms with E-state index in [4.69, 9.17) is 10.1 Å². The highest BCUT2D eigenvalue weighted by molar-refractivity contribution is 5.01. The molecule has 2 atom stereocenters. The first-order valence-electron chi connectivity index (χ1n) is 3.69. The number of hydrogen-bond acceptors (Lipinski definition) is 3. The number of nitriles is 1. The molecule has 10 heavy (non-hydrogen) atoms. The first kappa shape index (κ1) is 6.14. The molecule has 0 bridgehead atoms. The Hall–Kier alpha value is -0.590. The summed E-state index contributed by atoms with van der Waals surface area (Å²) >= 11 is 0. The molecule has 0 N–H and O–H groups in total. The van der Waals surface area contributed by atoms with Crippen LogP contribution >= 0.6 is 0 Å². The maximum atomic E-state index is 8.39. The number of hydrogen-bond donors (Lipinski definition) is 0. The van der Waals surface area contributed by atoms with Gasteiger partial charge in [-0.3, -0.25) is 4.84 Å². The second-order valence-electron chi connectivity index (χ2n) is 2.98. The Kier molecular flexibility index (Phi) is 1.37. The Morgan fingerprint density at radius 2 is 2.40 bits per heavy atom. The van der Waals surface area contributed by atoms with E-state index < -0.39 is 0 Å². The molecule has 0 spiro atoms. The zero-order valence-electron chi connectivity index (χ0n) is 5.79. The molecule has 1 saturated carbocycles. The van der Waals surface area contributed by atoms with Crippen molar-refractivity contribution in [1.82, 2.24) is 5.06 Å². The fourth-order valence-electron chi connectivity index (χ4n) is 0.857. The first-order valence-corrected chi connectivity index (χ1v) is 3.69. The lowest BCUT2D eigenvalue weighted by molar-refractivity contribution is -0.0755. The predicted octanol–water partition coefficient (Wildman–Crippen LogP) is 0.536. The van der Waals surface area contributed by atoms with Crippen molar-refractivity contribution in [3.63, 3.8) is 0 Å². The van der Waals surface area contributed by atoms with Gasteiger partial charge in [0, 0.05) is 0 Å². The summed E-state index contributed by atoms with van der Waals surface area (Å²) in [6, 6.07) is 2.19. The molecule has 0 aromatic heterocycles. The van der Waals surface area contributed by atoms with Crippen LogP contribution in [0.1, 0.15) is 12.8 Å². The molecule has 1 heterocycles. The van der Waals surface area contributed by atoms with Crippen LogP contribution in [0.4, 0.5) is 0 Å². The summed E-state index contributed by atoms with van der Waals surface area (Å²) in [5, 5.41) is 10.1. The van der Waals surface area contributed by atoms with Gasteiger partial charge >= 0.3 is 0 Å². The van der Waals surface area contributed by atoms with Gasteiger partial charge in [0.25, 0.3) is 0 Å². The molecule has 1 saturated heterocycles. The summed E-state index contributed by atoms with van der Waals surface area (Å²) in [7, 11) is 0. The highest BCUT2D eigenvalue weighted by Gasteiger charge is 2.36. The summed E-state index contributed by atoms with van der Waals surface area (Å²) in [4.78, 5) is 5.29. The van der Waals surface area contributed by atoms with Gasteiger partial charge in [-0.2, -0.15) is 10.3 Å². The molecule has 0 radical (unpaired) electrons. The van der Waals surface area contributed by atoms with Crippen molar-refractivity contribution in [3.05, 3.63) is 0 Å². The SMILES string of the molecule is N#CC1CN1OCC1CC1. The molecule has 2 unspecified atom stereocenters. The van der Waals surface area contributed by atoms with Gasteiger partial charge in [-0.1, -0.05) is 0 Å². The second kappa shape index (κ2) is 2.22. The average Bonchev–Trinajstić information content (AvgIpc) is 2.82. The van der Waals surface area contributed by atoms with Crippen molar-refractivity contribution in [2.24, 2.45) is 5.92 Å². The Balaban J connectivity index is 1.60. The standard InChI is InChI=1S/C7H10N2O/c8-3-7-4-9(7)10-5-6-1-2-6/h6-7H,1-2,4-5H2. The van der Waals surface area contributed by atoms with Crippen LogP contribution in [0.15, 0.2) is 0 Å². The van der Waals surface area contributed by atoms with Crippen molar-refractivity contribution in [3.8, 4) is 6.07 Å². The fraction of sp³-hybridized carbons (Fsp3) is 0.857. The lowest BCUT2D eigenvalue weighted by Gasteiger charge is -1.99. The fourth-order valence-corrected chi connectivity index (χ4v) is 0.857. The number of nitrogens with zero attached hydrogens (tertiary/aromatic N) is 2. The van der Waals surface area contributed by atoms with Crippen LogP contribution in [0, 0.1) is 17.2 Å². The van der Waals surface area contributed by atoms with Gasteiger partial charge in [-0.05, 0) is 18.8 Å². The van der Waals surface area contributed by atoms with Crippen LogP contribution < -0.4 is 0 Å². The normalized spacial score (nSPS) is 37.1. The Morgan fingerprint density at radius 1 is 1.60 bits per heavy atom. The summed E-state index contributed by atoms with van der Waals surface area (Å²) in [6.07, 6.45) is 2.62. The van der Waals surface area contributed by atoms with Gasteiger partial charge in [-0.25, -0.2) is 0 Å². The van der Waals surface area contributed by atoms with Gasteiger partial charge in [-0.15, -0.1) is 0 Å². The van der Waals surface area contributed by atoms with E-state index in [0.29, 0.717) is 0 Å². The van der Waals surface area contributed by atoms with E-state index in [1.54, 1.807) is 5.06 Å². The molecule has 0 amide bonds. The molecular formula is C7H10N2O. The highest BCUT2D eigenvalue weighted by atomic mass is 16.7. The van der Waals surface area contributed by atoms with Crippen LogP contribution in [0.25, 0.3) is 0 Å². The molecule has 2 aliphatic rings. The summed E-state index contributed by atoms with van der Waals surface area (Å²) < 4.78 is 0. The third kappa shape index (κ3) is 1.28. The number of rotatable bonds is 3. The van der Waals surface area contributed by atoms with Gasteiger partial charge in [0.05, 0.1) is 19.2 Å². The molecular weight excluding hydrogens is 128 g/mol. The summed E-state index contributed by atoms with van der Waals surface area (Å²) in [5.41, 5.74) is 0. The van der Waals surface area contributed by atoms with Crippen molar-refractivity contribution in [2.75, 3.05) is 13.2 Å². The quantitative estimate of drug-likeness (QED) is 0.534. The Morgan fingerprint density at radius 3 is 2.90 bits per heavy atom. The summed E-state index contributed by atoms with van der Waals surface area (Å²) in [6.45, 7) is 1.64. The molecule has 1 aliphatic carbocycles. The maximum absolute atomic E-state index is 8.39. The topological polar surface area (TPSA) is 36.0 Å². The van der Waals surface area contributed by atoms with Gasteiger partial charge in [0.2, 0.25) is 0 Å². The van der Waals surface area contributed by atoms with Crippen LogP contribution in [-0.2, 0) is 4.84 Å².